The summed E-state index contributed by atoms with van der Waals surface area (Å²) in [5.41, 5.74) is 2.43. The largest absolute Gasteiger partial charge is 0.486 e. The molecular weight excluding hydrogens is 272 g/mol. The SMILES string of the molecule is CNCC[C@@H](Oc1ccc2c(ccn2C)c1)c1ccccc1. The van der Waals surface area contributed by atoms with Crippen LogP contribution in [0.2, 0.25) is 0 Å². The van der Waals surface area contributed by atoms with E-state index < -0.39 is 0 Å². The molecule has 3 rings (SSSR count). The standard InChI is InChI=1S/C19H22N2O/c1-20-12-10-19(15-6-4-3-5-7-15)22-17-8-9-18-16(14-17)11-13-21(18)2/h3-9,11,13-14,19-20H,10,12H2,1-2H3/t19-/m1/s1. The topological polar surface area (TPSA) is 26.2 Å². The molecule has 0 bridgehead atoms. The first kappa shape index (κ1) is 14.7. The zero-order valence-electron chi connectivity index (χ0n) is 13.1. The van der Waals surface area contributed by atoms with Crippen molar-refractivity contribution in [1.82, 2.24) is 9.88 Å². The Bertz CT molecular complexity index is 734. The van der Waals surface area contributed by atoms with Crippen molar-refractivity contribution >= 4 is 10.9 Å². The summed E-state index contributed by atoms with van der Waals surface area (Å²) in [4.78, 5) is 0. The van der Waals surface area contributed by atoms with Crippen molar-refractivity contribution in [2.75, 3.05) is 13.6 Å². The molecule has 0 spiro atoms. The van der Waals surface area contributed by atoms with Crippen molar-refractivity contribution in [3.63, 3.8) is 0 Å². The lowest BCUT2D eigenvalue weighted by molar-refractivity contribution is 0.195. The summed E-state index contributed by atoms with van der Waals surface area (Å²) in [6.45, 7) is 0.924. The minimum absolute atomic E-state index is 0.0646. The molecule has 0 unspecified atom stereocenters. The number of nitrogens with zero attached hydrogens (tertiary/aromatic N) is 1. The van der Waals surface area contributed by atoms with Gasteiger partial charge in [0.1, 0.15) is 11.9 Å². The predicted octanol–water partition coefficient (Wildman–Crippen LogP) is 3.91. The molecule has 22 heavy (non-hydrogen) atoms. The van der Waals surface area contributed by atoms with Gasteiger partial charge in [0.15, 0.2) is 0 Å². The van der Waals surface area contributed by atoms with E-state index >= 15 is 0 Å². The molecule has 0 aliphatic carbocycles. The van der Waals surface area contributed by atoms with Crippen LogP contribution in [0.1, 0.15) is 18.1 Å². The summed E-state index contributed by atoms with van der Waals surface area (Å²) in [6.07, 6.45) is 3.08. The molecule has 0 fully saturated rings. The fourth-order valence-electron chi connectivity index (χ4n) is 2.73. The van der Waals surface area contributed by atoms with E-state index in [4.69, 9.17) is 4.74 Å². The smallest absolute Gasteiger partial charge is 0.125 e. The van der Waals surface area contributed by atoms with Gasteiger partial charge in [0.25, 0.3) is 0 Å². The predicted molar refractivity (Wildman–Crippen MR) is 91.3 cm³/mol. The minimum Gasteiger partial charge on any atom is -0.486 e. The number of hydrogen-bond donors (Lipinski definition) is 1. The average Bonchev–Trinajstić information content (AvgIpc) is 2.93. The molecule has 0 radical (unpaired) electrons. The summed E-state index contributed by atoms with van der Waals surface area (Å²) in [6, 6.07) is 18.8. The summed E-state index contributed by atoms with van der Waals surface area (Å²) < 4.78 is 8.39. The van der Waals surface area contributed by atoms with Crippen LogP contribution in [0.3, 0.4) is 0 Å². The first-order valence-electron chi connectivity index (χ1n) is 7.69. The number of rotatable bonds is 6. The van der Waals surface area contributed by atoms with Crippen LogP contribution in [0.25, 0.3) is 10.9 Å². The molecule has 0 aliphatic rings. The Morgan fingerprint density at radius 3 is 2.68 bits per heavy atom. The Hall–Kier alpha value is -2.26. The number of benzene rings is 2. The van der Waals surface area contributed by atoms with Gasteiger partial charge in [0.05, 0.1) is 0 Å². The highest BCUT2D eigenvalue weighted by atomic mass is 16.5. The summed E-state index contributed by atoms with van der Waals surface area (Å²) in [7, 11) is 4.03. The Balaban J connectivity index is 1.84. The first-order valence-corrected chi connectivity index (χ1v) is 7.69. The Kier molecular flexibility index (Phi) is 4.45. The van der Waals surface area contributed by atoms with Gasteiger partial charge in [-0.3, -0.25) is 0 Å². The van der Waals surface area contributed by atoms with Crippen molar-refractivity contribution in [2.24, 2.45) is 7.05 Å². The van der Waals surface area contributed by atoms with Crippen LogP contribution in [0.4, 0.5) is 0 Å². The van der Waals surface area contributed by atoms with Crippen LogP contribution < -0.4 is 10.1 Å². The van der Waals surface area contributed by atoms with Crippen molar-refractivity contribution in [3.8, 4) is 5.75 Å². The fourth-order valence-corrected chi connectivity index (χ4v) is 2.73. The average molecular weight is 294 g/mol. The monoisotopic (exact) mass is 294 g/mol. The Morgan fingerprint density at radius 2 is 1.91 bits per heavy atom. The number of fused-ring (bicyclic) bond motifs is 1. The lowest BCUT2D eigenvalue weighted by Crippen LogP contribution is -2.16. The zero-order valence-corrected chi connectivity index (χ0v) is 13.1. The molecule has 3 aromatic rings. The van der Waals surface area contributed by atoms with E-state index in [0.717, 1.165) is 18.7 Å². The third kappa shape index (κ3) is 3.15. The molecule has 1 heterocycles. The van der Waals surface area contributed by atoms with Gasteiger partial charge in [-0.05, 0) is 43.4 Å². The molecule has 3 nitrogen and oxygen atoms in total. The van der Waals surface area contributed by atoms with E-state index in [2.05, 4.69) is 71.7 Å². The van der Waals surface area contributed by atoms with Gasteiger partial charge in [-0.15, -0.1) is 0 Å². The summed E-state index contributed by atoms with van der Waals surface area (Å²) in [5.74, 6) is 0.920. The number of hydrogen-bond acceptors (Lipinski definition) is 2. The van der Waals surface area contributed by atoms with Gasteiger partial charge in [-0.2, -0.15) is 0 Å². The maximum Gasteiger partial charge on any atom is 0.125 e. The summed E-state index contributed by atoms with van der Waals surface area (Å²) >= 11 is 0. The third-order valence-electron chi connectivity index (χ3n) is 3.96. The maximum absolute atomic E-state index is 6.27. The van der Waals surface area contributed by atoms with E-state index in [1.54, 1.807) is 0 Å². The quantitative estimate of drug-likeness (QED) is 0.746. The minimum atomic E-state index is 0.0646. The highest BCUT2D eigenvalue weighted by Crippen LogP contribution is 2.27. The highest BCUT2D eigenvalue weighted by molar-refractivity contribution is 5.81. The second-order valence-electron chi connectivity index (χ2n) is 5.56. The normalized spacial score (nSPS) is 12.5. The number of ether oxygens (including phenoxy) is 1. The van der Waals surface area contributed by atoms with Gasteiger partial charge in [0, 0.05) is 30.6 Å². The van der Waals surface area contributed by atoms with Crippen molar-refractivity contribution in [1.29, 1.82) is 0 Å². The van der Waals surface area contributed by atoms with Gasteiger partial charge in [0.2, 0.25) is 0 Å². The third-order valence-corrected chi connectivity index (χ3v) is 3.96. The molecule has 0 amide bonds. The molecule has 1 atom stereocenters. The maximum atomic E-state index is 6.27. The van der Waals surface area contributed by atoms with E-state index in [1.807, 2.05) is 13.1 Å². The lowest BCUT2D eigenvalue weighted by atomic mass is 10.1. The van der Waals surface area contributed by atoms with E-state index in [0.29, 0.717) is 0 Å². The molecule has 2 aromatic carbocycles. The van der Waals surface area contributed by atoms with Crippen LogP contribution in [-0.4, -0.2) is 18.2 Å². The van der Waals surface area contributed by atoms with Crippen molar-refractivity contribution in [3.05, 3.63) is 66.4 Å². The molecule has 0 saturated carbocycles. The summed E-state index contributed by atoms with van der Waals surface area (Å²) in [5, 5.41) is 4.41. The highest BCUT2D eigenvalue weighted by Gasteiger charge is 2.13. The molecular formula is C19H22N2O. The molecule has 1 aromatic heterocycles. The number of aromatic nitrogens is 1. The number of aryl methyl sites for hydroxylation is 1. The Labute approximate surface area is 131 Å². The van der Waals surface area contributed by atoms with Gasteiger partial charge in [-0.25, -0.2) is 0 Å². The van der Waals surface area contributed by atoms with Gasteiger partial charge >= 0.3 is 0 Å². The van der Waals surface area contributed by atoms with Crippen molar-refractivity contribution in [2.45, 2.75) is 12.5 Å². The second kappa shape index (κ2) is 6.67. The lowest BCUT2D eigenvalue weighted by Gasteiger charge is -2.20. The first-order chi connectivity index (χ1) is 10.8. The van der Waals surface area contributed by atoms with Crippen LogP contribution in [0.5, 0.6) is 5.75 Å². The molecule has 1 N–H and O–H groups in total. The molecule has 0 saturated heterocycles. The van der Waals surface area contributed by atoms with E-state index in [1.165, 1.54) is 16.5 Å². The van der Waals surface area contributed by atoms with Crippen LogP contribution in [0.15, 0.2) is 60.8 Å². The molecule has 3 heteroatoms. The Morgan fingerprint density at radius 1 is 1.09 bits per heavy atom. The molecule has 114 valence electrons. The van der Waals surface area contributed by atoms with Crippen molar-refractivity contribution < 1.29 is 4.74 Å². The van der Waals surface area contributed by atoms with Crippen LogP contribution in [-0.2, 0) is 7.05 Å². The van der Waals surface area contributed by atoms with Gasteiger partial charge < -0.3 is 14.6 Å². The second-order valence-corrected chi connectivity index (χ2v) is 5.56. The van der Waals surface area contributed by atoms with Crippen LogP contribution >= 0.6 is 0 Å². The zero-order chi connectivity index (χ0) is 15.4. The van der Waals surface area contributed by atoms with E-state index in [9.17, 15) is 0 Å². The van der Waals surface area contributed by atoms with Crippen LogP contribution in [0, 0.1) is 0 Å². The number of nitrogens with one attached hydrogen (secondary N) is 1. The van der Waals surface area contributed by atoms with E-state index in [-0.39, 0.29) is 6.10 Å². The fraction of sp³-hybridized carbons (Fsp3) is 0.263. The van der Waals surface area contributed by atoms with Gasteiger partial charge in [-0.1, -0.05) is 30.3 Å². The molecule has 0 aliphatic heterocycles.